The van der Waals surface area contributed by atoms with E-state index in [9.17, 15) is 13.2 Å². The van der Waals surface area contributed by atoms with Crippen LogP contribution in [0.4, 0.5) is 5.69 Å². The van der Waals surface area contributed by atoms with E-state index in [1.165, 1.54) is 28.6 Å². The van der Waals surface area contributed by atoms with Gasteiger partial charge < -0.3 is 14.8 Å². The number of carbonyl (C=O) groups excluding carboxylic acids is 1. The Bertz CT molecular complexity index is 1010. The van der Waals surface area contributed by atoms with Gasteiger partial charge in [0.2, 0.25) is 10.0 Å². The minimum Gasteiger partial charge on any atom is -0.481 e. The van der Waals surface area contributed by atoms with Crippen LogP contribution in [0.2, 0.25) is 0 Å². The summed E-state index contributed by atoms with van der Waals surface area (Å²) >= 11 is 0. The van der Waals surface area contributed by atoms with E-state index in [-0.39, 0.29) is 4.90 Å². The fraction of sp³-hybridized carbons (Fsp3) is 0.300. The zero-order chi connectivity index (χ0) is 20.9. The smallest absolute Gasteiger partial charge is 0.265 e. The van der Waals surface area contributed by atoms with Gasteiger partial charge >= 0.3 is 0 Å². The third-order valence-electron chi connectivity index (χ3n) is 4.42. The molecular formula is C20H21N3O5S. The molecule has 1 amide bonds. The lowest BCUT2D eigenvalue weighted by atomic mass is 10.2. The lowest BCUT2D eigenvalue weighted by molar-refractivity contribution is -0.122. The largest absolute Gasteiger partial charge is 0.481 e. The van der Waals surface area contributed by atoms with Gasteiger partial charge in [0.25, 0.3) is 5.91 Å². The van der Waals surface area contributed by atoms with Gasteiger partial charge in [-0.25, -0.2) is 8.42 Å². The summed E-state index contributed by atoms with van der Waals surface area (Å²) in [7, 11) is -3.58. The Balaban J connectivity index is 1.64. The molecule has 2 aromatic rings. The van der Waals surface area contributed by atoms with Crippen molar-refractivity contribution in [1.82, 2.24) is 4.31 Å². The Morgan fingerprint density at radius 2 is 1.83 bits per heavy atom. The van der Waals surface area contributed by atoms with E-state index in [0.717, 1.165) is 0 Å². The number of amides is 1. The molecule has 1 atom stereocenters. The van der Waals surface area contributed by atoms with Crippen LogP contribution in [0.5, 0.6) is 5.75 Å². The van der Waals surface area contributed by atoms with Crippen LogP contribution in [0, 0.1) is 11.3 Å². The topological polar surface area (TPSA) is 109 Å². The highest BCUT2D eigenvalue weighted by Crippen LogP contribution is 2.21. The average molecular weight is 415 g/mol. The van der Waals surface area contributed by atoms with Gasteiger partial charge in [0, 0.05) is 13.1 Å². The maximum Gasteiger partial charge on any atom is 0.265 e. The third-order valence-corrected chi connectivity index (χ3v) is 6.33. The first-order chi connectivity index (χ1) is 13.9. The summed E-state index contributed by atoms with van der Waals surface area (Å²) in [5.74, 6) is -0.0557. The molecule has 3 rings (SSSR count). The number of nitriles is 1. The average Bonchev–Trinajstić information content (AvgIpc) is 2.75. The number of morpholine rings is 1. The summed E-state index contributed by atoms with van der Waals surface area (Å²) in [6.07, 6.45) is -0.844. The zero-order valence-electron chi connectivity index (χ0n) is 15.9. The van der Waals surface area contributed by atoms with Gasteiger partial charge in [-0.2, -0.15) is 9.57 Å². The van der Waals surface area contributed by atoms with Gasteiger partial charge in [-0.1, -0.05) is 12.1 Å². The number of carbonyl (C=O) groups is 1. The van der Waals surface area contributed by atoms with E-state index >= 15 is 0 Å². The van der Waals surface area contributed by atoms with Gasteiger partial charge in [0.1, 0.15) is 11.8 Å². The number of benzene rings is 2. The molecule has 2 aromatic carbocycles. The maximum atomic E-state index is 12.6. The number of sulfonamides is 1. The van der Waals surface area contributed by atoms with E-state index in [1.54, 1.807) is 31.2 Å². The van der Waals surface area contributed by atoms with E-state index in [0.29, 0.717) is 43.3 Å². The maximum absolute atomic E-state index is 12.6. The van der Waals surface area contributed by atoms with Crippen molar-refractivity contribution in [3.8, 4) is 11.8 Å². The molecule has 1 aliphatic rings. The Labute approximate surface area is 169 Å². The Kier molecular flexibility index (Phi) is 6.49. The lowest BCUT2D eigenvalue weighted by Gasteiger charge is -2.26. The summed E-state index contributed by atoms with van der Waals surface area (Å²) in [5.41, 5.74) is 0.758. The number of para-hydroxylation sites is 1. The van der Waals surface area contributed by atoms with Gasteiger partial charge in [0.15, 0.2) is 6.10 Å². The second-order valence-electron chi connectivity index (χ2n) is 6.39. The Morgan fingerprint density at radius 1 is 1.17 bits per heavy atom. The fourth-order valence-corrected chi connectivity index (χ4v) is 4.22. The SMILES string of the molecule is C[C@H](Oc1ccc(S(=O)(=O)N2CCOCC2)cc1)C(=O)Nc1ccccc1C#N. The van der Waals surface area contributed by atoms with Gasteiger partial charge in [-0.3, -0.25) is 4.79 Å². The van der Waals surface area contributed by atoms with Gasteiger partial charge in [-0.15, -0.1) is 0 Å². The molecule has 0 spiro atoms. The Hall–Kier alpha value is -2.93. The van der Waals surface area contributed by atoms with Crippen molar-refractivity contribution in [3.05, 3.63) is 54.1 Å². The second kappa shape index (κ2) is 9.05. The van der Waals surface area contributed by atoms with Crippen LogP contribution in [0.25, 0.3) is 0 Å². The molecule has 29 heavy (non-hydrogen) atoms. The molecule has 1 heterocycles. The molecule has 0 saturated carbocycles. The molecule has 152 valence electrons. The predicted octanol–water partition coefficient (Wildman–Crippen LogP) is 1.99. The number of rotatable bonds is 6. The summed E-state index contributed by atoms with van der Waals surface area (Å²) in [6.45, 7) is 2.97. The number of nitrogens with one attached hydrogen (secondary N) is 1. The Morgan fingerprint density at radius 3 is 2.48 bits per heavy atom. The van der Waals surface area contributed by atoms with Crippen LogP contribution in [-0.4, -0.2) is 51.0 Å². The standard InChI is InChI=1S/C20H21N3O5S/c1-15(20(24)22-19-5-3-2-4-16(19)14-21)28-17-6-8-18(9-7-17)29(25,26)23-10-12-27-13-11-23/h2-9,15H,10-13H2,1H3,(H,22,24)/t15-/m0/s1. The number of hydrogen-bond donors (Lipinski definition) is 1. The summed E-state index contributed by atoms with van der Waals surface area (Å²) in [4.78, 5) is 12.5. The molecule has 1 fully saturated rings. The third kappa shape index (κ3) is 4.92. The lowest BCUT2D eigenvalue weighted by Crippen LogP contribution is -2.40. The molecule has 0 bridgehead atoms. The van der Waals surface area contributed by atoms with Crippen LogP contribution < -0.4 is 10.1 Å². The van der Waals surface area contributed by atoms with E-state index in [2.05, 4.69) is 5.32 Å². The van der Waals surface area contributed by atoms with Crippen LogP contribution >= 0.6 is 0 Å². The molecule has 0 unspecified atom stereocenters. The molecule has 0 radical (unpaired) electrons. The predicted molar refractivity (Wildman–Crippen MR) is 106 cm³/mol. The number of nitrogens with zero attached hydrogens (tertiary/aromatic N) is 2. The van der Waals surface area contributed by atoms with Gasteiger partial charge in [-0.05, 0) is 43.3 Å². The number of ether oxygens (including phenoxy) is 2. The molecule has 1 N–H and O–H groups in total. The minimum absolute atomic E-state index is 0.159. The molecule has 8 nitrogen and oxygen atoms in total. The quantitative estimate of drug-likeness (QED) is 0.773. The van der Waals surface area contributed by atoms with Crippen molar-refractivity contribution in [2.45, 2.75) is 17.9 Å². The first-order valence-corrected chi connectivity index (χ1v) is 10.5. The van der Waals surface area contributed by atoms with Crippen molar-refractivity contribution in [2.24, 2.45) is 0 Å². The normalized spacial score (nSPS) is 15.9. The summed E-state index contributed by atoms with van der Waals surface area (Å²) in [6, 6.07) is 14.6. The molecule has 0 aliphatic carbocycles. The highest BCUT2D eigenvalue weighted by Gasteiger charge is 2.26. The van der Waals surface area contributed by atoms with Crippen molar-refractivity contribution < 1.29 is 22.7 Å². The van der Waals surface area contributed by atoms with Gasteiger partial charge in [0.05, 0.1) is 29.4 Å². The molecule has 9 heteroatoms. The molecule has 1 saturated heterocycles. The van der Waals surface area contributed by atoms with Crippen molar-refractivity contribution in [2.75, 3.05) is 31.6 Å². The highest BCUT2D eigenvalue weighted by molar-refractivity contribution is 7.89. The summed E-state index contributed by atoms with van der Waals surface area (Å²) < 4.78 is 37.5. The van der Waals surface area contributed by atoms with Crippen molar-refractivity contribution in [1.29, 1.82) is 5.26 Å². The second-order valence-corrected chi connectivity index (χ2v) is 8.33. The molecule has 0 aromatic heterocycles. The first kappa shape index (κ1) is 20.8. The zero-order valence-corrected chi connectivity index (χ0v) is 16.7. The summed E-state index contributed by atoms with van der Waals surface area (Å²) in [5, 5.41) is 11.8. The number of anilines is 1. The first-order valence-electron chi connectivity index (χ1n) is 9.06. The van der Waals surface area contributed by atoms with Crippen LogP contribution in [0.3, 0.4) is 0 Å². The molecular weight excluding hydrogens is 394 g/mol. The monoisotopic (exact) mass is 415 g/mol. The van der Waals surface area contributed by atoms with Crippen LogP contribution in [0.1, 0.15) is 12.5 Å². The van der Waals surface area contributed by atoms with Crippen molar-refractivity contribution in [3.63, 3.8) is 0 Å². The number of hydrogen-bond acceptors (Lipinski definition) is 6. The minimum atomic E-state index is -3.58. The highest BCUT2D eigenvalue weighted by atomic mass is 32.2. The van der Waals surface area contributed by atoms with Crippen LogP contribution in [-0.2, 0) is 19.6 Å². The van der Waals surface area contributed by atoms with E-state index in [4.69, 9.17) is 14.7 Å². The van der Waals surface area contributed by atoms with E-state index < -0.39 is 22.0 Å². The van der Waals surface area contributed by atoms with Crippen LogP contribution in [0.15, 0.2) is 53.4 Å². The van der Waals surface area contributed by atoms with Crippen molar-refractivity contribution >= 4 is 21.6 Å². The molecule has 1 aliphatic heterocycles. The fourth-order valence-electron chi connectivity index (χ4n) is 2.81. The van der Waals surface area contributed by atoms with E-state index in [1.807, 2.05) is 6.07 Å².